The largest absolute Gasteiger partial charge is 0.481 e. The van der Waals surface area contributed by atoms with Crippen molar-refractivity contribution >= 4 is 11.8 Å². The fourth-order valence-corrected chi connectivity index (χ4v) is 2.87. The van der Waals surface area contributed by atoms with E-state index in [0.29, 0.717) is 19.3 Å². The van der Waals surface area contributed by atoms with Crippen LogP contribution >= 0.6 is 0 Å². The van der Waals surface area contributed by atoms with Crippen LogP contribution in [0.1, 0.15) is 32.6 Å². The first-order valence-electron chi connectivity index (χ1n) is 4.94. The Bertz CT molecular complexity index is 329. The molecule has 0 radical (unpaired) electrons. The molecule has 0 aromatic rings. The van der Waals surface area contributed by atoms with Crippen LogP contribution in [0.2, 0.25) is 0 Å². The number of aliphatic carboxylic acids is 1. The van der Waals surface area contributed by atoms with Gasteiger partial charge in [0.15, 0.2) is 0 Å². The Kier molecular flexibility index (Phi) is 1.98. The summed E-state index contributed by atoms with van der Waals surface area (Å²) in [5.41, 5.74) is 0.343. The molecule has 1 saturated carbocycles. The maximum Gasteiger partial charge on any atom is 0.310 e. The molecule has 2 atom stereocenters. The van der Waals surface area contributed by atoms with Crippen molar-refractivity contribution in [1.29, 1.82) is 0 Å². The van der Waals surface area contributed by atoms with E-state index < -0.39 is 11.4 Å². The van der Waals surface area contributed by atoms with Crippen molar-refractivity contribution in [1.82, 2.24) is 0 Å². The highest BCUT2D eigenvalue weighted by Crippen LogP contribution is 2.47. The van der Waals surface area contributed by atoms with E-state index in [2.05, 4.69) is 6.08 Å². The molecule has 1 N–H and O–H groups in total. The van der Waals surface area contributed by atoms with E-state index in [9.17, 15) is 14.7 Å². The Balaban J connectivity index is 2.37. The van der Waals surface area contributed by atoms with Gasteiger partial charge in [-0.25, -0.2) is 0 Å². The monoisotopic (exact) mass is 194 g/mol. The zero-order valence-corrected chi connectivity index (χ0v) is 8.25. The van der Waals surface area contributed by atoms with Crippen LogP contribution in [-0.2, 0) is 9.59 Å². The van der Waals surface area contributed by atoms with E-state index in [1.54, 1.807) is 0 Å². The van der Waals surface area contributed by atoms with E-state index in [-0.39, 0.29) is 18.1 Å². The number of carboxylic acids is 1. The molecule has 3 nitrogen and oxygen atoms in total. The number of hydrogen-bond acceptors (Lipinski definition) is 2. The number of ketones is 1. The summed E-state index contributed by atoms with van der Waals surface area (Å²) in [4.78, 5) is 22.6. The highest BCUT2D eigenvalue weighted by molar-refractivity contribution is 5.88. The quantitative estimate of drug-likeness (QED) is 0.647. The fourth-order valence-electron chi connectivity index (χ4n) is 2.87. The number of allylic oxidation sites excluding steroid dienone is 2. The van der Waals surface area contributed by atoms with E-state index >= 15 is 0 Å². The van der Waals surface area contributed by atoms with Gasteiger partial charge < -0.3 is 5.11 Å². The highest BCUT2D eigenvalue weighted by Gasteiger charge is 2.47. The minimum absolute atomic E-state index is 0.104. The van der Waals surface area contributed by atoms with Crippen LogP contribution in [-0.4, -0.2) is 16.9 Å². The highest BCUT2D eigenvalue weighted by atomic mass is 16.4. The average Bonchev–Trinajstić information content (AvgIpc) is 2.00. The van der Waals surface area contributed by atoms with Crippen molar-refractivity contribution in [2.45, 2.75) is 32.6 Å². The SMILES string of the molecule is CC1=C[C@H]2CC(=O)C[C@@](C(=O)O)(C1)C2. The van der Waals surface area contributed by atoms with Gasteiger partial charge in [0.1, 0.15) is 5.78 Å². The van der Waals surface area contributed by atoms with Crippen LogP contribution in [0.3, 0.4) is 0 Å². The summed E-state index contributed by atoms with van der Waals surface area (Å²) < 4.78 is 0. The molecule has 3 heteroatoms. The molecule has 14 heavy (non-hydrogen) atoms. The molecule has 0 saturated heterocycles. The van der Waals surface area contributed by atoms with Gasteiger partial charge in [-0.05, 0) is 25.7 Å². The minimum atomic E-state index is -0.803. The molecule has 0 unspecified atom stereocenters. The van der Waals surface area contributed by atoms with Crippen molar-refractivity contribution in [3.63, 3.8) is 0 Å². The number of carboxylic acid groups (broad SMARTS) is 1. The Labute approximate surface area is 82.8 Å². The fraction of sp³-hybridized carbons (Fsp3) is 0.636. The van der Waals surface area contributed by atoms with Crippen LogP contribution < -0.4 is 0 Å². The number of fused-ring (bicyclic) bond motifs is 2. The first-order chi connectivity index (χ1) is 6.52. The third-order valence-corrected chi connectivity index (χ3v) is 3.27. The van der Waals surface area contributed by atoms with Crippen molar-refractivity contribution in [3.8, 4) is 0 Å². The summed E-state index contributed by atoms with van der Waals surface area (Å²) in [5.74, 6) is -0.531. The molecule has 1 fully saturated rings. The third kappa shape index (κ3) is 1.37. The Morgan fingerprint density at radius 3 is 2.93 bits per heavy atom. The van der Waals surface area contributed by atoms with Gasteiger partial charge in [-0.2, -0.15) is 0 Å². The van der Waals surface area contributed by atoms with Crippen LogP contribution in [0.15, 0.2) is 11.6 Å². The lowest BCUT2D eigenvalue weighted by Crippen LogP contribution is -2.42. The first kappa shape index (κ1) is 9.44. The zero-order chi connectivity index (χ0) is 10.3. The molecular weight excluding hydrogens is 180 g/mol. The lowest BCUT2D eigenvalue weighted by Gasteiger charge is -2.39. The van der Waals surface area contributed by atoms with Crippen molar-refractivity contribution in [3.05, 3.63) is 11.6 Å². The zero-order valence-electron chi connectivity index (χ0n) is 8.25. The molecule has 2 bridgehead atoms. The van der Waals surface area contributed by atoms with Crippen LogP contribution in [0.4, 0.5) is 0 Å². The molecule has 0 heterocycles. The molecule has 76 valence electrons. The normalized spacial score (nSPS) is 36.5. The number of rotatable bonds is 1. The van der Waals surface area contributed by atoms with E-state index in [0.717, 1.165) is 5.57 Å². The van der Waals surface area contributed by atoms with Gasteiger partial charge in [-0.1, -0.05) is 11.6 Å². The molecule has 2 aliphatic rings. The predicted molar refractivity (Wildman–Crippen MR) is 50.8 cm³/mol. The Hall–Kier alpha value is -1.12. The maximum absolute atomic E-state index is 11.4. The Morgan fingerprint density at radius 1 is 1.57 bits per heavy atom. The number of carbonyl (C=O) groups excluding carboxylic acids is 1. The molecular formula is C11H14O3. The van der Waals surface area contributed by atoms with Gasteiger partial charge in [0.2, 0.25) is 0 Å². The summed E-state index contributed by atoms with van der Waals surface area (Å²) in [6, 6.07) is 0. The van der Waals surface area contributed by atoms with Crippen LogP contribution in [0.5, 0.6) is 0 Å². The average molecular weight is 194 g/mol. The standard InChI is InChI=1S/C11H14O3/c1-7-2-8-3-9(12)6-11(4-7,5-8)10(13)14/h2,8H,3-6H2,1H3,(H,13,14)/t8-,11+/m0/s1. The lowest BCUT2D eigenvalue weighted by atomic mass is 9.62. The van der Waals surface area contributed by atoms with Gasteiger partial charge in [0, 0.05) is 12.8 Å². The van der Waals surface area contributed by atoms with Gasteiger partial charge in [0.25, 0.3) is 0 Å². The van der Waals surface area contributed by atoms with E-state index in [1.165, 1.54) is 0 Å². The number of Topliss-reactive ketones (excluding diaryl/α,β-unsaturated/α-hetero) is 1. The summed E-state index contributed by atoms with van der Waals surface area (Å²) in [5, 5.41) is 9.20. The maximum atomic E-state index is 11.4. The smallest absolute Gasteiger partial charge is 0.310 e. The lowest BCUT2D eigenvalue weighted by molar-refractivity contribution is -0.155. The third-order valence-electron chi connectivity index (χ3n) is 3.27. The van der Waals surface area contributed by atoms with E-state index in [4.69, 9.17) is 0 Å². The van der Waals surface area contributed by atoms with E-state index in [1.807, 2.05) is 6.92 Å². The molecule has 0 aliphatic heterocycles. The first-order valence-corrected chi connectivity index (χ1v) is 4.94. The summed E-state index contributed by atoms with van der Waals surface area (Å²) in [7, 11) is 0. The molecule has 0 aromatic carbocycles. The van der Waals surface area contributed by atoms with Gasteiger partial charge in [-0.15, -0.1) is 0 Å². The second-order valence-electron chi connectivity index (χ2n) is 4.66. The molecule has 0 amide bonds. The van der Waals surface area contributed by atoms with Crippen LogP contribution in [0.25, 0.3) is 0 Å². The molecule has 0 spiro atoms. The van der Waals surface area contributed by atoms with Crippen molar-refractivity contribution in [2.24, 2.45) is 11.3 Å². The van der Waals surface area contributed by atoms with Gasteiger partial charge in [-0.3, -0.25) is 9.59 Å². The van der Waals surface area contributed by atoms with Gasteiger partial charge in [0.05, 0.1) is 5.41 Å². The summed E-state index contributed by atoms with van der Waals surface area (Å²) in [6.45, 7) is 1.96. The molecule has 2 aliphatic carbocycles. The molecule has 0 aromatic heterocycles. The second-order valence-corrected chi connectivity index (χ2v) is 4.66. The minimum Gasteiger partial charge on any atom is -0.481 e. The molecule has 2 rings (SSSR count). The summed E-state index contributed by atoms with van der Waals surface area (Å²) >= 11 is 0. The number of hydrogen-bond donors (Lipinski definition) is 1. The van der Waals surface area contributed by atoms with Crippen molar-refractivity contribution < 1.29 is 14.7 Å². The Morgan fingerprint density at radius 2 is 2.29 bits per heavy atom. The second kappa shape index (κ2) is 2.94. The van der Waals surface area contributed by atoms with Gasteiger partial charge >= 0.3 is 5.97 Å². The number of carbonyl (C=O) groups is 2. The van der Waals surface area contributed by atoms with Crippen LogP contribution in [0, 0.1) is 11.3 Å². The van der Waals surface area contributed by atoms with Crippen molar-refractivity contribution in [2.75, 3.05) is 0 Å². The topological polar surface area (TPSA) is 54.4 Å². The predicted octanol–water partition coefficient (Wildman–Crippen LogP) is 1.78. The summed E-state index contributed by atoms with van der Waals surface area (Å²) in [6.07, 6.45) is 4.02.